The molecule has 0 saturated heterocycles. The molecule has 0 amide bonds. The second kappa shape index (κ2) is 6.73. The van der Waals surface area contributed by atoms with Gasteiger partial charge in [0.1, 0.15) is 5.52 Å². The van der Waals surface area contributed by atoms with Crippen molar-refractivity contribution in [3.63, 3.8) is 0 Å². The van der Waals surface area contributed by atoms with Gasteiger partial charge in [0.25, 0.3) is 0 Å². The molecule has 0 aliphatic heterocycles. The van der Waals surface area contributed by atoms with Crippen LogP contribution in [0.2, 0.25) is 0 Å². The zero-order chi connectivity index (χ0) is 20.2. The number of benzene rings is 1. The summed E-state index contributed by atoms with van der Waals surface area (Å²) < 4.78 is 4.29. The molecule has 0 fully saturated rings. The molecule has 1 aromatic carbocycles. The molecule has 0 spiro atoms. The van der Waals surface area contributed by atoms with Crippen LogP contribution in [0.3, 0.4) is 0 Å². The van der Waals surface area contributed by atoms with Crippen LogP contribution in [0.25, 0.3) is 27.9 Å². The first-order valence-electron chi connectivity index (χ1n) is 10.2. The van der Waals surface area contributed by atoms with Crippen LogP contribution in [-0.4, -0.2) is 24.1 Å². The van der Waals surface area contributed by atoms with Crippen molar-refractivity contribution in [1.82, 2.24) is 24.1 Å². The molecule has 146 valence electrons. The largest absolute Gasteiger partial charge is 0.312 e. The van der Waals surface area contributed by atoms with Crippen LogP contribution in [0.1, 0.15) is 60.8 Å². The molecule has 0 atom stereocenters. The van der Waals surface area contributed by atoms with Gasteiger partial charge in [0.15, 0.2) is 11.3 Å². The molecular weight excluding hydrogens is 346 g/mol. The number of nitrogens with zero attached hydrogens (tertiary/aromatic N) is 5. The Morgan fingerprint density at radius 3 is 2.14 bits per heavy atom. The zero-order valence-corrected chi connectivity index (χ0v) is 18.0. The van der Waals surface area contributed by atoms with Gasteiger partial charge in [-0.15, -0.1) is 0 Å². The lowest BCUT2D eigenvalue weighted by Crippen LogP contribution is -2.09. The highest BCUT2D eigenvalue weighted by Crippen LogP contribution is 2.35. The predicted octanol–water partition coefficient (Wildman–Crippen LogP) is 5.65. The van der Waals surface area contributed by atoms with Gasteiger partial charge in [-0.3, -0.25) is 0 Å². The lowest BCUT2D eigenvalue weighted by atomic mass is 9.94. The molecule has 0 aliphatic carbocycles. The molecular formula is C23H29N5. The average Bonchev–Trinajstić information content (AvgIpc) is 3.19. The summed E-state index contributed by atoms with van der Waals surface area (Å²) in [6.45, 7) is 15.1. The number of fused-ring (bicyclic) bond motifs is 3. The number of aromatic nitrogens is 5. The minimum atomic E-state index is 0.408. The first-order valence-corrected chi connectivity index (χ1v) is 10.2. The second-order valence-corrected chi connectivity index (χ2v) is 7.96. The van der Waals surface area contributed by atoms with Crippen molar-refractivity contribution in [1.29, 1.82) is 0 Å². The van der Waals surface area contributed by atoms with E-state index in [1.165, 1.54) is 22.3 Å². The van der Waals surface area contributed by atoms with Gasteiger partial charge in [0.05, 0.1) is 23.3 Å². The van der Waals surface area contributed by atoms with Crippen molar-refractivity contribution in [3.05, 3.63) is 46.5 Å². The van der Waals surface area contributed by atoms with Gasteiger partial charge >= 0.3 is 0 Å². The standard InChI is InChI=1S/C23H29N5/c1-8-18(9-2)27-12-24-21-17(7)25-22-20(16(6)26-28(22)23(21)27)19-14(4)10-13(3)11-15(19)5/h10-12,18H,8-9H2,1-7H3. The molecule has 5 heteroatoms. The Morgan fingerprint density at radius 2 is 1.54 bits per heavy atom. The summed E-state index contributed by atoms with van der Waals surface area (Å²) in [6.07, 6.45) is 4.08. The van der Waals surface area contributed by atoms with E-state index in [1.807, 2.05) is 17.8 Å². The van der Waals surface area contributed by atoms with Gasteiger partial charge in [0, 0.05) is 6.04 Å². The quantitative estimate of drug-likeness (QED) is 0.463. The second-order valence-electron chi connectivity index (χ2n) is 7.96. The summed E-state index contributed by atoms with van der Waals surface area (Å²) in [5, 5.41) is 4.94. The Balaban J connectivity index is 2.12. The fourth-order valence-electron chi connectivity index (χ4n) is 4.61. The Bertz CT molecular complexity index is 1170. The van der Waals surface area contributed by atoms with Crippen LogP contribution in [0.15, 0.2) is 18.5 Å². The summed E-state index contributed by atoms with van der Waals surface area (Å²) >= 11 is 0. The minimum Gasteiger partial charge on any atom is -0.312 e. The van der Waals surface area contributed by atoms with E-state index in [9.17, 15) is 0 Å². The molecule has 0 N–H and O–H groups in total. The molecule has 4 rings (SSSR count). The molecule has 0 saturated carbocycles. The van der Waals surface area contributed by atoms with Crippen molar-refractivity contribution in [2.75, 3.05) is 0 Å². The molecule has 0 radical (unpaired) electrons. The van der Waals surface area contributed by atoms with Gasteiger partial charge in [-0.2, -0.15) is 9.61 Å². The highest BCUT2D eigenvalue weighted by atomic mass is 15.3. The van der Waals surface area contributed by atoms with E-state index in [4.69, 9.17) is 10.1 Å². The number of aryl methyl sites for hydroxylation is 5. The first-order chi connectivity index (χ1) is 13.4. The van der Waals surface area contributed by atoms with Crippen molar-refractivity contribution in [3.8, 4) is 11.1 Å². The highest BCUT2D eigenvalue weighted by molar-refractivity contribution is 5.88. The van der Waals surface area contributed by atoms with Crippen molar-refractivity contribution in [2.24, 2.45) is 0 Å². The number of imidazole rings is 1. The number of rotatable bonds is 4. The molecule has 0 aliphatic rings. The van der Waals surface area contributed by atoms with E-state index in [2.05, 4.69) is 63.2 Å². The summed E-state index contributed by atoms with van der Waals surface area (Å²) in [4.78, 5) is 9.64. The third kappa shape index (κ3) is 2.64. The molecule has 0 bridgehead atoms. The van der Waals surface area contributed by atoms with Crippen LogP contribution in [0.4, 0.5) is 0 Å². The topological polar surface area (TPSA) is 48.0 Å². The van der Waals surface area contributed by atoms with E-state index in [0.717, 1.165) is 46.6 Å². The van der Waals surface area contributed by atoms with E-state index < -0.39 is 0 Å². The fourth-order valence-corrected chi connectivity index (χ4v) is 4.61. The van der Waals surface area contributed by atoms with Gasteiger partial charge in [0.2, 0.25) is 0 Å². The van der Waals surface area contributed by atoms with Gasteiger partial charge in [-0.05, 0) is 64.2 Å². The fraction of sp³-hybridized carbons (Fsp3) is 0.435. The Hall–Kier alpha value is -2.69. The SMILES string of the molecule is CCC(CC)n1cnc2c(C)nc3c(-c4c(C)cc(C)cc4C)c(C)nn3c21. The maximum absolute atomic E-state index is 4.95. The summed E-state index contributed by atoms with van der Waals surface area (Å²) in [5.41, 5.74) is 11.1. The normalized spacial score (nSPS) is 12.0. The van der Waals surface area contributed by atoms with Crippen molar-refractivity contribution < 1.29 is 0 Å². The summed E-state index contributed by atoms with van der Waals surface area (Å²) in [5.74, 6) is 0. The average molecular weight is 376 g/mol. The molecule has 28 heavy (non-hydrogen) atoms. The number of hydrogen-bond acceptors (Lipinski definition) is 3. The smallest absolute Gasteiger partial charge is 0.165 e. The van der Waals surface area contributed by atoms with E-state index in [-0.39, 0.29) is 0 Å². The summed E-state index contributed by atoms with van der Waals surface area (Å²) in [6, 6.07) is 4.89. The van der Waals surface area contributed by atoms with Gasteiger partial charge in [-0.25, -0.2) is 9.97 Å². The van der Waals surface area contributed by atoms with Crippen LogP contribution >= 0.6 is 0 Å². The van der Waals surface area contributed by atoms with Crippen molar-refractivity contribution >= 4 is 16.8 Å². The zero-order valence-electron chi connectivity index (χ0n) is 18.0. The lowest BCUT2D eigenvalue weighted by molar-refractivity contribution is 0.478. The Labute approximate surface area is 166 Å². The molecule has 3 aromatic heterocycles. The predicted molar refractivity (Wildman–Crippen MR) is 115 cm³/mol. The van der Waals surface area contributed by atoms with Crippen LogP contribution in [-0.2, 0) is 0 Å². The maximum Gasteiger partial charge on any atom is 0.165 e. The molecule has 0 unspecified atom stereocenters. The molecule has 5 nitrogen and oxygen atoms in total. The van der Waals surface area contributed by atoms with Crippen LogP contribution in [0, 0.1) is 34.6 Å². The summed E-state index contributed by atoms with van der Waals surface area (Å²) in [7, 11) is 0. The highest BCUT2D eigenvalue weighted by Gasteiger charge is 2.22. The van der Waals surface area contributed by atoms with Gasteiger partial charge < -0.3 is 4.57 Å². The Morgan fingerprint density at radius 1 is 0.893 bits per heavy atom. The first kappa shape index (κ1) is 18.7. The molecule has 3 heterocycles. The molecule has 4 aromatic rings. The maximum atomic E-state index is 4.95. The third-order valence-corrected chi connectivity index (χ3v) is 5.88. The lowest BCUT2D eigenvalue weighted by Gasteiger charge is -2.16. The minimum absolute atomic E-state index is 0.408. The van der Waals surface area contributed by atoms with Crippen LogP contribution in [0.5, 0.6) is 0 Å². The van der Waals surface area contributed by atoms with E-state index in [1.54, 1.807) is 0 Å². The van der Waals surface area contributed by atoms with Gasteiger partial charge in [-0.1, -0.05) is 31.5 Å². The Kier molecular flexibility index (Phi) is 4.48. The monoisotopic (exact) mass is 375 g/mol. The number of hydrogen-bond donors (Lipinski definition) is 0. The van der Waals surface area contributed by atoms with Crippen molar-refractivity contribution in [2.45, 2.75) is 67.3 Å². The van der Waals surface area contributed by atoms with Crippen LogP contribution < -0.4 is 0 Å². The van der Waals surface area contributed by atoms with E-state index in [0.29, 0.717) is 6.04 Å². The third-order valence-electron chi connectivity index (χ3n) is 5.88. The van der Waals surface area contributed by atoms with E-state index >= 15 is 0 Å².